The molecule has 1 saturated heterocycles. The molecule has 2 N–H and O–H groups in total. The molecule has 0 radical (unpaired) electrons. The fraction of sp³-hybridized carbons (Fsp3) is 0.632. The molecule has 148 valence electrons. The minimum atomic E-state index is -0.197. The van der Waals surface area contributed by atoms with Crippen molar-refractivity contribution in [3.8, 4) is 0 Å². The maximum atomic E-state index is 13.7. The van der Waals surface area contributed by atoms with E-state index in [9.17, 15) is 4.39 Å². The van der Waals surface area contributed by atoms with E-state index in [0.717, 1.165) is 50.5 Å². The summed E-state index contributed by atoms with van der Waals surface area (Å²) in [5.41, 5.74) is 0.838. The van der Waals surface area contributed by atoms with E-state index >= 15 is 0 Å². The first-order valence-electron chi connectivity index (χ1n) is 9.05. The van der Waals surface area contributed by atoms with Crippen LogP contribution in [0.3, 0.4) is 0 Å². The normalized spacial score (nSPS) is 16.7. The van der Waals surface area contributed by atoms with Crippen LogP contribution in [0.2, 0.25) is 0 Å². The summed E-state index contributed by atoms with van der Waals surface area (Å²) in [6.07, 6.45) is 2.62. The zero-order valence-corrected chi connectivity index (χ0v) is 18.1. The molecule has 2 rings (SSSR count). The molecule has 0 unspecified atom stereocenters. The van der Waals surface area contributed by atoms with E-state index in [-0.39, 0.29) is 35.2 Å². The molecule has 1 aliphatic heterocycles. The molecule has 0 atom stereocenters. The number of guanidine groups is 1. The highest BCUT2D eigenvalue weighted by atomic mass is 127. The van der Waals surface area contributed by atoms with Gasteiger partial charge in [-0.05, 0) is 43.9 Å². The molecular formula is C19H31FIN3O2. The van der Waals surface area contributed by atoms with Crippen LogP contribution < -0.4 is 10.6 Å². The molecular weight excluding hydrogens is 448 g/mol. The van der Waals surface area contributed by atoms with E-state index in [4.69, 9.17) is 14.5 Å². The molecule has 1 fully saturated rings. The highest BCUT2D eigenvalue weighted by Crippen LogP contribution is 2.35. The van der Waals surface area contributed by atoms with Crippen LogP contribution in [0.5, 0.6) is 0 Å². The van der Waals surface area contributed by atoms with Gasteiger partial charge in [0.25, 0.3) is 0 Å². The number of aliphatic imine (C=N–C) groups is 1. The van der Waals surface area contributed by atoms with Crippen LogP contribution >= 0.6 is 24.0 Å². The van der Waals surface area contributed by atoms with Gasteiger partial charge >= 0.3 is 0 Å². The number of hydrogen-bond donors (Lipinski definition) is 2. The summed E-state index contributed by atoms with van der Waals surface area (Å²) in [7, 11) is 1.70. The van der Waals surface area contributed by atoms with Crippen LogP contribution in [0, 0.1) is 5.82 Å². The molecule has 0 bridgehead atoms. The van der Waals surface area contributed by atoms with E-state index in [0.29, 0.717) is 19.8 Å². The van der Waals surface area contributed by atoms with Crippen molar-refractivity contribution in [2.45, 2.75) is 31.6 Å². The maximum Gasteiger partial charge on any atom is 0.191 e. The van der Waals surface area contributed by atoms with Gasteiger partial charge in [-0.25, -0.2) is 4.39 Å². The second-order valence-corrected chi connectivity index (χ2v) is 6.37. The van der Waals surface area contributed by atoms with Crippen LogP contribution in [-0.4, -0.2) is 52.5 Å². The molecule has 1 aromatic rings. The highest BCUT2D eigenvalue weighted by Gasteiger charge is 2.34. The molecule has 26 heavy (non-hydrogen) atoms. The summed E-state index contributed by atoms with van der Waals surface area (Å²) < 4.78 is 24.4. The third-order valence-corrected chi connectivity index (χ3v) is 4.59. The van der Waals surface area contributed by atoms with Crippen molar-refractivity contribution in [2.75, 3.05) is 46.6 Å². The van der Waals surface area contributed by atoms with Gasteiger partial charge in [-0.3, -0.25) is 4.99 Å². The Morgan fingerprint density at radius 3 is 2.73 bits per heavy atom. The minimum absolute atomic E-state index is 0. The number of rotatable bonds is 8. The number of methoxy groups -OCH3 is 1. The van der Waals surface area contributed by atoms with Crippen molar-refractivity contribution in [3.63, 3.8) is 0 Å². The number of halogens is 2. The Hall–Kier alpha value is -0.930. The zero-order valence-electron chi connectivity index (χ0n) is 15.7. The van der Waals surface area contributed by atoms with Crippen LogP contribution in [0.1, 0.15) is 31.7 Å². The Morgan fingerprint density at radius 1 is 1.31 bits per heavy atom. The second-order valence-electron chi connectivity index (χ2n) is 6.37. The van der Waals surface area contributed by atoms with E-state index in [2.05, 4.69) is 10.6 Å². The van der Waals surface area contributed by atoms with Crippen LogP contribution in [0.4, 0.5) is 4.39 Å². The van der Waals surface area contributed by atoms with Gasteiger partial charge in [0.1, 0.15) is 5.82 Å². The molecule has 1 aromatic carbocycles. The number of ether oxygens (including phenoxy) is 2. The summed E-state index contributed by atoms with van der Waals surface area (Å²) >= 11 is 0. The summed E-state index contributed by atoms with van der Waals surface area (Å²) in [5.74, 6) is 0.595. The lowest BCUT2D eigenvalue weighted by atomic mass is 9.74. The van der Waals surface area contributed by atoms with Gasteiger partial charge in [0, 0.05) is 45.4 Å². The van der Waals surface area contributed by atoms with Crippen LogP contribution in [0.25, 0.3) is 0 Å². The summed E-state index contributed by atoms with van der Waals surface area (Å²) in [6, 6.07) is 6.91. The lowest BCUT2D eigenvalue weighted by molar-refractivity contribution is 0.0530. The number of nitrogens with one attached hydrogen (secondary N) is 2. The first kappa shape index (κ1) is 23.1. The summed E-state index contributed by atoms with van der Waals surface area (Å²) in [4.78, 5) is 4.79. The predicted octanol–water partition coefficient (Wildman–Crippen LogP) is 3.08. The summed E-state index contributed by atoms with van der Waals surface area (Å²) in [6.45, 7) is 6.34. The van der Waals surface area contributed by atoms with E-state index in [1.165, 1.54) is 6.07 Å². The van der Waals surface area contributed by atoms with Crippen molar-refractivity contribution in [1.82, 2.24) is 10.6 Å². The van der Waals surface area contributed by atoms with E-state index in [1.807, 2.05) is 13.0 Å². The van der Waals surface area contributed by atoms with E-state index < -0.39 is 0 Å². The fourth-order valence-corrected chi connectivity index (χ4v) is 3.11. The van der Waals surface area contributed by atoms with Crippen molar-refractivity contribution in [2.24, 2.45) is 4.99 Å². The molecule has 0 spiro atoms. The number of benzene rings is 1. The van der Waals surface area contributed by atoms with Gasteiger partial charge in [-0.2, -0.15) is 0 Å². The molecule has 1 aliphatic rings. The second kappa shape index (κ2) is 12.5. The Kier molecular flexibility index (Phi) is 11.1. The number of nitrogens with zero attached hydrogens (tertiary/aromatic N) is 1. The first-order valence-corrected chi connectivity index (χ1v) is 9.05. The van der Waals surface area contributed by atoms with Crippen molar-refractivity contribution >= 4 is 29.9 Å². The van der Waals surface area contributed by atoms with Crippen LogP contribution in [-0.2, 0) is 14.9 Å². The zero-order chi connectivity index (χ0) is 18.0. The van der Waals surface area contributed by atoms with Crippen LogP contribution in [0.15, 0.2) is 29.3 Å². The largest absolute Gasteiger partial charge is 0.385 e. The monoisotopic (exact) mass is 479 g/mol. The minimum Gasteiger partial charge on any atom is -0.385 e. The Labute approximate surface area is 173 Å². The fourth-order valence-electron chi connectivity index (χ4n) is 3.11. The van der Waals surface area contributed by atoms with Crippen molar-refractivity contribution < 1.29 is 13.9 Å². The first-order chi connectivity index (χ1) is 12.2. The Bertz CT molecular complexity index is 551. The van der Waals surface area contributed by atoms with Crippen molar-refractivity contribution in [1.29, 1.82) is 0 Å². The lowest BCUT2D eigenvalue weighted by Gasteiger charge is -2.36. The highest BCUT2D eigenvalue weighted by molar-refractivity contribution is 14.0. The average Bonchev–Trinajstić information content (AvgIpc) is 2.64. The Balaban J connectivity index is 0.00000338. The Morgan fingerprint density at radius 2 is 2.08 bits per heavy atom. The molecule has 7 heteroatoms. The summed E-state index contributed by atoms with van der Waals surface area (Å²) in [5, 5.41) is 6.60. The van der Waals surface area contributed by atoms with Gasteiger partial charge in [0.05, 0.1) is 6.54 Å². The molecule has 0 aromatic heterocycles. The van der Waals surface area contributed by atoms with Gasteiger partial charge in [-0.1, -0.05) is 12.1 Å². The van der Waals surface area contributed by atoms with E-state index in [1.54, 1.807) is 19.2 Å². The van der Waals surface area contributed by atoms with Gasteiger partial charge in [0.2, 0.25) is 0 Å². The third kappa shape index (κ3) is 7.00. The lowest BCUT2D eigenvalue weighted by Crippen LogP contribution is -2.41. The third-order valence-electron chi connectivity index (χ3n) is 4.59. The molecule has 5 nitrogen and oxygen atoms in total. The quantitative estimate of drug-likeness (QED) is 0.261. The SMILES string of the molecule is CCNC(=NCC1(c2cccc(F)c2)CCOCC1)NCCCOC.I. The maximum absolute atomic E-state index is 13.7. The molecule has 0 saturated carbocycles. The average molecular weight is 479 g/mol. The van der Waals surface area contributed by atoms with Gasteiger partial charge in [0.15, 0.2) is 5.96 Å². The molecule has 1 heterocycles. The number of hydrogen-bond acceptors (Lipinski definition) is 3. The smallest absolute Gasteiger partial charge is 0.191 e. The van der Waals surface area contributed by atoms with Gasteiger partial charge in [-0.15, -0.1) is 24.0 Å². The van der Waals surface area contributed by atoms with Gasteiger partial charge < -0.3 is 20.1 Å². The molecule has 0 aliphatic carbocycles. The molecule has 0 amide bonds. The predicted molar refractivity (Wildman–Crippen MR) is 114 cm³/mol. The topological polar surface area (TPSA) is 54.9 Å². The van der Waals surface area contributed by atoms with Crippen molar-refractivity contribution in [3.05, 3.63) is 35.6 Å². The standard InChI is InChI=1S/C19H30FN3O2.HI/c1-3-21-18(22-10-5-11-24-2)23-15-19(8-12-25-13-9-19)16-6-4-7-17(20)14-16;/h4,6-7,14H,3,5,8-13,15H2,1-2H3,(H2,21,22,23);1H.